The van der Waals surface area contributed by atoms with Crippen LogP contribution in [-0.4, -0.2) is 45.5 Å². The topological polar surface area (TPSA) is 105 Å². The summed E-state index contributed by atoms with van der Waals surface area (Å²) in [7, 11) is 0. The number of anilines is 1. The lowest BCUT2D eigenvalue weighted by molar-refractivity contribution is -0.117. The first-order valence-electron chi connectivity index (χ1n) is 10.6. The minimum absolute atomic E-state index is 0.0398. The molecule has 1 aliphatic rings. The van der Waals surface area contributed by atoms with E-state index in [4.69, 9.17) is 4.42 Å². The number of nitrogens with zero attached hydrogens (tertiary/aromatic N) is 4. The SMILES string of the molecule is Cc1ccc(-n2c(SCC(=O)NC(=O)NCc3ccco3)nnc2N2CCCCC2)cc1. The zero-order chi connectivity index (χ0) is 22.3. The molecule has 9 nitrogen and oxygen atoms in total. The highest BCUT2D eigenvalue weighted by Gasteiger charge is 2.22. The molecule has 1 fully saturated rings. The number of thioether (sulfide) groups is 1. The summed E-state index contributed by atoms with van der Waals surface area (Å²) in [5, 5.41) is 14.3. The van der Waals surface area contributed by atoms with Gasteiger partial charge in [0.05, 0.1) is 24.2 Å². The molecule has 3 heterocycles. The molecule has 0 unspecified atom stereocenters. The highest BCUT2D eigenvalue weighted by atomic mass is 32.2. The smallest absolute Gasteiger partial charge is 0.321 e. The van der Waals surface area contributed by atoms with E-state index in [9.17, 15) is 9.59 Å². The van der Waals surface area contributed by atoms with Crippen molar-refractivity contribution >= 4 is 29.6 Å². The molecule has 3 aromatic rings. The lowest BCUT2D eigenvalue weighted by Gasteiger charge is -2.27. The molecule has 1 aliphatic heterocycles. The van der Waals surface area contributed by atoms with Gasteiger partial charge in [-0.1, -0.05) is 29.5 Å². The van der Waals surface area contributed by atoms with E-state index < -0.39 is 11.9 Å². The van der Waals surface area contributed by atoms with Crippen molar-refractivity contribution in [3.63, 3.8) is 0 Å². The van der Waals surface area contributed by atoms with Gasteiger partial charge in [-0.05, 0) is 50.5 Å². The molecule has 168 valence electrons. The molecule has 0 aliphatic carbocycles. The average Bonchev–Trinajstić information content (AvgIpc) is 3.47. The van der Waals surface area contributed by atoms with Gasteiger partial charge in [-0.15, -0.1) is 10.2 Å². The van der Waals surface area contributed by atoms with E-state index >= 15 is 0 Å². The van der Waals surface area contributed by atoms with Gasteiger partial charge in [-0.2, -0.15) is 0 Å². The predicted octanol–water partition coefficient (Wildman–Crippen LogP) is 3.28. The quantitative estimate of drug-likeness (QED) is 0.528. The van der Waals surface area contributed by atoms with Crippen molar-refractivity contribution < 1.29 is 14.0 Å². The van der Waals surface area contributed by atoms with Crippen LogP contribution in [0.25, 0.3) is 5.69 Å². The third kappa shape index (κ3) is 5.50. The Bertz CT molecular complexity index is 1040. The molecular formula is C22H26N6O3S. The van der Waals surface area contributed by atoms with Crippen LogP contribution >= 0.6 is 11.8 Å². The fraction of sp³-hybridized carbons (Fsp3) is 0.364. The maximum atomic E-state index is 12.3. The Morgan fingerprint density at radius 3 is 2.59 bits per heavy atom. The number of furan rings is 1. The van der Waals surface area contributed by atoms with Gasteiger partial charge in [0.2, 0.25) is 11.9 Å². The van der Waals surface area contributed by atoms with Crippen LogP contribution in [-0.2, 0) is 11.3 Å². The zero-order valence-electron chi connectivity index (χ0n) is 17.9. The number of benzene rings is 1. The number of urea groups is 1. The Hall–Kier alpha value is -3.27. The van der Waals surface area contributed by atoms with Gasteiger partial charge in [-0.25, -0.2) is 4.79 Å². The fourth-order valence-electron chi connectivity index (χ4n) is 3.49. The number of carbonyl (C=O) groups excluding carboxylic acids is 2. The molecule has 1 aromatic carbocycles. The fourth-order valence-corrected chi connectivity index (χ4v) is 4.24. The molecule has 4 rings (SSSR count). The number of carbonyl (C=O) groups is 2. The maximum Gasteiger partial charge on any atom is 0.321 e. The summed E-state index contributed by atoms with van der Waals surface area (Å²) in [6, 6.07) is 11.0. The predicted molar refractivity (Wildman–Crippen MR) is 122 cm³/mol. The van der Waals surface area contributed by atoms with E-state index in [1.54, 1.807) is 12.1 Å². The molecule has 0 saturated carbocycles. The van der Waals surface area contributed by atoms with Crippen molar-refractivity contribution in [2.45, 2.75) is 37.9 Å². The van der Waals surface area contributed by atoms with Crippen LogP contribution in [0.1, 0.15) is 30.6 Å². The van der Waals surface area contributed by atoms with Crippen molar-refractivity contribution in [3.05, 3.63) is 54.0 Å². The Kier molecular flexibility index (Phi) is 7.10. The van der Waals surface area contributed by atoms with Crippen LogP contribution in [0.5, 0.6) is 0 Å². The molecule has 0 radical (unpaired) electrons. The largest absolute Gasteiger partial charge is 0.467 e. The monoisotopic (exact) mass is 454 g/mol. The second-order valence-corrected chi connectivity index (χ2v) is 8.54. The number of aromatic nitrogens is 3. The van der Waals surface area contributed by atoms with E-state index in [1.165, 1.54) is 24.4 Å². The number of rotatable bonds is 7. The van der Waals surface area contributed by atoms with Crippen LogP contribution < -0.4 is 15.5 Å². The second-order valence-electron chi connectivity index (χ2n) is 7.60. The summed E-state index contributed by atoms with van der Waals surface area (Å²) < 4.78 is 7.14. The third-order valence-corrected chi connectivity index (χ3v) is 6.06. The number of hydrogen-bond donors (Lipinski definition) is 2. The van der Waals surface area contributed by atoms with Crippen molar-refractivity contribution in [3.8, 4) is 5.69 Å². The summed E-state index contributed by atoms with van der Waals surface area (Å²) in [5.41, 5.74) is 2.11. The number of amides is 3. The Labute approximate surface area is 190 Å². The number of hydrogen-bond acceptors (Lipinski definition) is 7. The van der Waals surface area contributed by atoms with Gasteiger partial charge in [0.15, 0.2) is 5.16 Å². The van der Waals surface area contributed by atoms with Gasteiger partial charge in [0.25, 0.3) is 0 Å². The van der Waals surface area contributed by atoms with Crippen LogP contribution in [0.4, 0.5) is 10.7 Å². The molecule has 3 amide bonds. The molecule has 10 heteroatoms. The second kappa shape index (κ2) is 10.4. The Balaban J connectivity index is 1.42. The summed E-state index contributed by atoms with van der Waals surface area (Å²) in [4.78, 5) is 26.5. The minimum Gasteiger partial charge on any atom is -0.467 e. The lowest BCUT2D eigenvalue weighted by Crippen LogP contribution is -2.39. The first kappa shape index (κ1) is 21.9. The summed E-state index contributed by atoms with van der Waals surface area (Å²) in [6.45, 7) is 4.12. The molecule has 2 N–H and O–H groups in total. The van der Waals surface area contributed by atoms with E-state index in [1.807, 2.05) is 35.8 Å². The van der Waals surface area contributed by atoms with Crippen LogP contribution in [0, 0.1) is 6.92 Å². The van der Waals surface area contributed by atoms with Crippen LogP contribution in [0.15, 0.2) is 52.2 Å². The third-order valence-electron chi connectivity index (χ3n) is 5.14. The van der Waals surface area contributed by atoms with E-state index in [2.05, 4.69) is 25.7 Å². The number of imide groups is 1. The minimum atomic E-state index is -0.569. The molecule has 0 bridgehead atoms. The van der Waals surface area contributed by atoms with Crippen molar-refractivity contribution in [2.75, 3.05) is 23.7 Å². The van der Waals surface area contributed by atoms with Crippen molar-refractivity contribution in [2.24, 2.45) is 0 Å². The Morgan fingerprint density at radius 2 is 1.88 bits per heavy atom. The number of nitrogens with one attached hydrogen (secondary N) is 2. The van der Waals surface area contributed by atoms with Gasteiger partial charge < -0.3 is 14.6 Å². The van der Waals surface area contributed by atoms with Crippen molar-refractivity contribution in [1.82, 2.24) is 25.4 Å². The summed E-state index contributed by atoms with van der Waals surface area (Å²) in [5.74, 6) is 1.02. The molecule has 0 spiro atoms. The standard InChI is InChI=1S/C22H26N6O3S/c1-16-7-9-17(10-8-16)28-21(27-11-3-2-4-12-27)25-26-22(28)32-15-19(29)24-20(30)23-14-18-6-5-13-31-18/h5-10,13H,2-4,11-12,14-15H2,1H3,(H2,23,24,29,30). The van der Waals surface area contributed by atoms with E-state index in [-0.39, 0.29) is 12.3 Å². The number of piperidine rings is 1. The van der Waals surface area contributed by atoms with Crippen molar-refractivity contribution in [1.29, 1.82) is 0 Å². The van der Waals surface area contributed by atoms with E-state index in [0.717, 1.165) is 43.1 Å². The van der Waals surface area contributed by atoms with Gasteiger partial charge in [0, 0.05) is 13.1 Å². The van der Waals surface area contributed by atoms with Crippen LogP contribution in [0.2, 0.25) is 0 Å². The number of aryl methyl sites for hydroxylation is 1. The molecule has 0 atom stereocenters. The molecule has 2 aromatic heterocycles. The highest BCUT2D eigenvalue weighted by molar-refractivity contribution is 7.99. The van der Waals surface area contributed by atoms with Crippen LogP contribution in [0.3, 0.4) is 0 Å². The summed E-state index contributed by atoms with van der Waals surface area (Å²) >= 11 is 1.25. The molecule has 1 saturated heterocycles. The maximum absolute atomic E-state index is 12.3. The first-order valence-corrected chi connectivity index (χ1v) is 11.6. The normalized spacial score (nSPS) is 13.7. The summed E-state index contributed by atoms with van der Waals surface area (Å²) in [6.07, 6.45) is 5.00. The zero-order valence-corrected chi connectivity index (χ0v) is 18.7. The van der Waals surface area contributed by atoms with Gasteiger partial charge >= 0.3 is 6.03 Å². The first-order chi connectivity index (χ1) is 15.6. The lowest BCUT2D eigenvalue weighted by atomic mass is 10.1. The van der Waals surface area contributed by atoms with Gasteiger partial charge in [0.1, 0.15) is 5.76 Å². The molecule has 32 heavy (non-hydrogen) atoms. The van der Waals surface area contributed by atoms with Gasteiger partial charge in [-0.3, -0.25) is 14.7 Å². The average molecular weight is 455 g/mol. The molecular weight excluding hydrogens is 428 g/mol. The highest BCUT2D eigenvalue weighted by Crippen LogP contribution is 2.28. The Morgan fingerprint density at radius 1 is 1.09 bits per heavy atom. The van der Waals surface area contributed by atoms with E-state index in [0.29, 0.717) is 10.9 Å².